The molecular weight excluding hydrogens is 316 g/mol. The van der Waals surface area contributed by atoms with Crippen LogP contribution in [0.3, 0.4) is 0 Å². The first-order valence-corrected chi connectivity index (χ1v) is 8.65. The van der Waals surface area contributed by atoms with E-state index in [0.29, 0.717) is 19.3 Å². The van der Waals surface area contributed by atoms with Gasteiger partial charge in [0, 0.05) is 37.0 Å². The van der Waals surface area contributed by atoms with Crippen molar-refractivity contribution >= 4 is 17.5 Å². The van der Waals surface area contributed by atoms with Gasteiger partial charge < -0.3 is 18.9 Å². The maximum Gasteiger partial charge on any atom is 0.302 e. The van der Waals surface area contributed by atoms with Crippen LogP contribution in [-0.4, -0.2) is 60.3 Å². The van der Waals surface area contributed by atoms with E-state index in [1.54, 1.807) is 0 Å². The van der Waals surface area contributed by atoms with Gasteiger partial charge in [0.05, 0.1) is 18.3 Å². The predicted octanol–water partition coefficient (Wildman–Crippen LogP) is -0.210. The van der Waals surface area contributed by atoms with Crippen LogP contribution in [0.1, 0.15) is 26.2 Å². The molecule has 0 N–H and O–H groups in total. The number of fused-ring (bicyclic) bond motifs is 9. The van der Waals surface area contributed by atoms with Crippen molar-refractivity contribution < 1.29 is 33.3 Å². The van der Waals surface area contributed by atoms with Crippen LogP contribution in [0.2, 0.25) is 0 Å². The largest absolute Gasteiger partial charge is 0.465 e. The smallest absolute Gasteiger partial charge is 0.302 e. The zero-order valence-corrected chi connectivity index (χ0v) is 13.2. The molecule has 5 heterocycles. The van der Waals surface area contributed by atoms with E-state index >= 15 is 0 Å². The van der Waals surface area contributed by atoms with E-state index in [4.69, 9.17) is 18.9 Å². The SMILES string of the molecule is CC(=O)OC[C@]12C[C@H]3O[C@@]34[C@@H]([C@H]1[C@@H]1CC(=O)[C@H]2O1)[C@@H]1CC(=O)[C@H]4O1. The maximum atomic E-state index is 12.4. The first-order chi connectivity index (χ1) is 11.5. The van der Waals surface area contributed by atoms with E-state index in [-0.39, 0.29) is 54.3 Å². The predicted molar refractivity (Wildman–Crippen MR) is 74.8 cm³/mol. The molecule has 6 aliphatic rings. The van der Waals surface area contributed by atoms with E-state index < -0.39 is 23.2 Å². The second-order valence-corrected chi connectivity index (χ2v) is 8.18. The monoisotopic (exact) mass is 334 g/mol. The molecule has 128 valence electrons. The zero-order chi connectivity index (χ0) is 16.4. The van der Waals surface area contributed by atoms with Gasteiger partial charge in [0.25, 0.3) is 0 Å². The number of rotatable bonds is 2. The lowest BCUT2D eigenvalue weighted by Crippen LogP contribution is -2.61. The summed E-state index contributed by atoms with van der Waals surface area (Å²) in [6.07, 6.45) is -0.0185. The van der Waals surface area contributed by atoms with Crippen LogP contribution >= 0.6 is 0 Å². The minimum atomic E-state index is -0.530. The van der Waals surface area contributed by atoms with Gasteiger partial charge >= 0.3 is 5.97 Å². The van der Waals surface area contributed by atoms with Crippen LogP contribution in [0.25, 0.3) is 0 Å². The highest BCUT2D eigenvalue weighted by atomic mass is 16.7. The van der Waals surface area contributed by atoms with E-state index in [9.17, 15) is 14.4 Å². The van der Waals surface area contributed by atoms with Crippen LogP contribution in [0.4, 0.5) is 0 Å². The summed E-state index contributed by atoms with van der Waals surface area (Å²) < 4.78 is 23.4. The van der Waals surface area contributed by atoms with E-state index in [2.05, 4.69) is 0 Å². The molecule has 0 aromatic heterocycles. The first kappa shape index (κ1) is 13.9. The molecule has 24 heavy (non-hydrogen) atoms. The van der Waals surface area contributed by atoms with E-state index in [1.165, 1.54) is 6.92 Å². The fourth-order valence-electron chi connectivity index (χ4n) is 6.55. The minimum absolute atomic E-state index is 0.0430. The molecule has 0 unspecified atom stereocenters. The van der Waals surface area contributed by atoms with Gasteiger partial charge in [-0.2, -0.15) is 0 Å². The normalized spacial score (nSPS) is 58.5. The molecule has 1 spiro atoms. The summed E-state index contributed by atoms with van der Waals surface area (Å²) in [4.78, 5) is 35.9. The molecule has 4 bridgehead atoms. The van der Waals surface area contributed by atoms with Gasteiger partial charge in [0.1, 0.15) is 24.4 Å². The van der Waals surface area contributed by atoms with Crippen molar-refractivity contribution in [1.29, 1.82) is 0 Å². The zero-order valence-electron chi connectivity index (χ0n) is 13.2. The summed E-state index contributed by atoms with van der Waals surface area (Å²) in [6.45, 7) is 1.55. The number of ketones is 2. The number of hydrogen-bond donors (Lipinski definition) is 0. The number of ether oxygens (including phenoxy) is 4. The third kappa shape index (κ3) is 1.30. The summed E-state index contributed by atoms with van der Waals surface area (Å²) in [7, 11) is 0. The molecule has 5 aliphatic heterocycles. The lowest BCUT2D eigenvalue weighted by molar-refractivity contribution is -0.153. The second kappa shape index (κ2) is 3.92. The van der Waals surface area contributed by atoms with Gasteiger partial charge in [-0.15, -0.1) is 0 Å². The molecular formula is C17H18O7. The van der Waals surface area contributed by atoms with E-state index in [0.717, 1.165) is 0 Å². The molecule has 0 aromatic carbocycles. The Morgan fingerprint density at radius 1 is 1.12 bits per heavy atom. The second-order valence-electron chi connectivity index (χ2n) is 8.18. The number of carbonyl (C=O) groups is 3. The molecule has 5 saturated heterocycles. The van der Waals surface area contributed by atoms with Crippen molar-refractivity contribution in [1.82, 2.24) is 0 Å². The molecule has 0 amide bonds. The summed E-state index contributed by atoms with van der Waals surface area (Å²) in [5.41, 5.74) is -1.04. The minimum Gasteiger partial charge on any atom is -0.465 e. The quantitative estimate of drug-likeness (QED) is 0.510. The average Bonchev–Trinajstić information content (AvgIpc) is 2.86. The van der Waals surface area contributed by atoms with Gasteiger partial charge in [0.2, 0.25) is 0 Å². The lowest BCUT2D eigenvalue weighted by atomic mass is 9.50. The molecule has 1 saturated carbocycles. The number of Topliss-reactive ketones (excluding diaryl/α,β-unsaturated/α-hetero) is 2. The number of epoxide rings is 1. The highest BCUT2D eigenvalue weighted by Crippen LogP contribution is 2.73. The molecule has 6 rings (SSSR count). The summed E-state index contributed by atoms with van der Waals surface area (Å²) in [5, 5.41) is 0. The Labute approximate surface area is 137 Å². The van der Waals surface area contributed by atoms with Crippen LogP contribution in [0.5, 0.6) is 0 Å². The molecule has 6 fully saturated rings. The topological polar surface area (TPSA) is 91.4 Å². The standard InChI is InChI=1S/C17H18O7/c1-6(18)21-5-16-4-11-17(24-11)13(10-3-8(20)15(17)23-10)12(16)9-2-7(19)14(16)22-9/h9-15H,2-5H2,1H3/t9-,10-,11+,12+,13+,14+,15+,16+,17+/m0/s1. The number of carbonyl (C=O) groups excluding carboxylic acids is 3. The maximum absolute atomic E-state index is 12.4. The molecule has 7 nitrogen and oxygen atoms in total. The first-order valence-electron chi connectivity index (χ1n) is 8.65. The van der Waals surface area contributed by atoms with Crippen molar-refractivity contribution in [3.63, 3.8) is 0 Å². The van der Waals surface area contributed by atoms with Crippen LogP contribution in [0.15, 0.2) is 0 Å². The number of esters is 1. The molecule has 0 aromatic rings. The Morgan fingerprint density at radius 3 is 2.54 bits per heavy atom. The van der Waals surface area contributed by atoms with Gasteiger partial charge in [-0.3, -0.25) is 14.4 Å². The van der Waals surface area contributed by atoms with Gasteiger partial charge in [0.15, 0.2) is 11.6 Å². The van der Waals surface area contributed by atoms with Crippen molar-refractivity contribution in [2.45, 2.75) is 62.3 Å². The fraction of sp³-hybridized carbons (Fsp3) is 0.824. The van der Waals surface area contributed by atoms with E-state index in [1.807, 2.05) is 0 Å². The third-order valence-corrected chi connectivity index (χ3v) is 7.22. The van der Waals surface area contributed by atoms with Gasteiger partial charge in [-0.05, 0) is 6.42 Å². The molecule has 9 atom stereocenters. The van der Waals surface area contributed by atoms with Crippen molar-refractivity contribution in [2.75, 3.05) is 6.61 Å². The number of hydrogen-bond acceptors (Lipinski definition) is 7. The fourth-order valence-corrected chi connectivity index (χ4v) is 6.55. The summed E-state index contributed by atoms with van der Waals surface area (Å²) >= 11 is 0. The van der Waals surface area contributed by atoms with Crippen LogP contribution in [-0.2, 0) is 33.3 Å². The molecule has 1 aliphatic carbocycles. The summed E-state index contributed by atoms with van der Waals surface area (Å²) in [5.74, 6) is -0.0339. The third-order valence-electron chi connectivity index (χ3n) is 7.22. The van der Waals surface area contributed by atoms with Crippen molar-refractivity contribution in [2.24, 2.45) is 17.3 Å². The van der Waals surface area contributed by atoms with Gasteiger partial charge in [-0.25, -0.2) is 0 Å². The Balaban J connectivity index is 1.45. The van der Waals surface area contributed by atoms with Gasteiger partial charge in [-0.1, -0.05) is 0 Å². The Morgan fingerprint density at radius 2 is 1.79 bits per heavy atom. The Hall–Kier alpha value is -1.31. The Bertz CT molecular complexity index is 703. The summed E-state index contributed by atoms with van der Waals surface area (Å²) in [6, 6.07) is 0. The van der Waals surface area contributed by atoms with Crippen molar-refractivity contribution in [3.05, 3.63) is 0 Å². The lowest BCUT2D eigenvalue weighted by Gasteiger charge is -2.48. The highest BCUT2D eigenvalue weighted by Gasteiger charge is 2.86. The average molecular weight is 334 g/mol. The van der Waals surface area contributed by atoms with Crippen molar-refractivity contribution in [3.8, 4) is 0 Å². The van der Waals surface area contributed by atoms with Crippen LogP contribution in [0, 0.1) is 17.3 Å². The molecule has 7 heteroatoms. The Kier molecular flexibility index (Phi) is 2.27. The van der Waals surface area contributed by atoms with Crippen LogP contribution < -0.4 is 0 Å². The molecule has 0 radical (unpaired) electrons. The highest BCUT2D eigenvalue weighted by molar-refractivity contribution is 5.90.